The third-order valence-electron chi connectivity index (χ3n) is 5.58. The van der Waals surface area contributed by atoms with Gasteiger partial charge in [0, 0.05) is 41.8 Å². The topological polar surface area (TPSA) is 21.1 Å². The lowest BCUT2D eigenvalue weighted by Gasteiger charge is -2.15. The summed E-state index contributed by atoms with van der Waals surface area (Å²) in [5.41, 5.74) is 4.93. The Morgan fingerprint density at radius 1 is 0.885 bits per heavy atom. The molecule has 0 unspecified atom stereocenters. The Hall–Kier alpha value is -2.65. The Labute approximate surface area is 153 Å². The fourth-order valence-corrected chi connectivity index (χ4v) is 4.17. The molecule has 130 valence electrons. The second-order valence-electron chi connectivity index (χ2n) is 7.21. The number of fused-ring (bicyclic) bond motifs is 2. The van der Waals surface area contributed by atoms with Crippen molar-refractivity contribution in [3.05, 3.63) is 67.0 Å². The van der Waals surface area contributed by atoms with E-state index in [1.165, 1.54) is 53.3 Å². The van der Waals surface area contributed by atoms with Crippen molar-refractivity contribution in [2.45, 2.75) is 19.4 Å². The molecule has 0 spiro atoms. The zero-order valence-electron chi connectivity index (χ0n) is 14.9. The minimum Gasteiger partial charge on any atom is -0.346 e. The van der Waals surface area contributed by atoms with Gasteiger partial charge < -0.3 is 9.47 Å². The van der Waals surface area contributed by atoms with Gasteiger partial charge in [0.1, 0.15) is 0 Å². The third kappa shape index (κ3) is 2.78. The molecular formula is C23H23N3. The average Bonchev–Trinajstić information content (AvgIpc) is 3.35. The smallest absolute Gasteiger partial charge is 0.0702 e. The van der Waals surface area contributed by atoms with E-state index in [9.17, 15) is 0 Å². The largest absolute Gasteiger partial charge is 0.346 e. The maximum absolute atomic E-state index is 4.44. The van der Waals surface area contributed by atoms with Crippen LogP contribution in [0.4, 0.5) is 0 Å². The highest BCUT2D eigenvalue weighted by Crippen LogP contribution is 2.31. The maximum Gasteiger partial charge on any atom is 0.0702 e. The Morgan fingerprint density at radius 3 is 2.73 bits per heavy atom. The number of benzene rings is 2. The maximum atomic E-state index is 4.44. The van der Waals surface area contributed by atoms with Gasteiger partial charge in [-0.05, 0) is 67.4 Å². The Bertz CT molecular complexity index is 1060. The predicted octanol–water partition coefficient (Wildman–Crippen LogP) is 4.95. The van der Waals surface area contributed by atoms with Gasteiger partial charge in [-0.2, -0.15) is 0 Å². The number of pyridine rings is 1. The number of hydrogen-bond donors (Lipinski definition) is 0. The zero-order valence-corrected chi connectivity index (χ0v) is 14.9. The first kappa shape index (κ1) is 15.6. The van der Waals surface area contributed by atoms with Crippen molar-refractivity contribution < 1.29 is 0 Å². The summed E-state index contributed by atoms with van der Waals surface area (Å²) in [4.78, 5) is 7.01. The molecule has 1 saturated heterocycles. The summed E-state index contributed by atoms with van der Waals surface area (Å²) in [5, 5.41) is 2.52. The van der Waals surface area contributed by atoms with Crippen LogP contribution in [0.1, 0.15) is 12.8 Å². The standard InChI is InChI=1S/C23H23N3/c1-2-13-25(12-1)15-16-26-14-10-21-20(6-3-7-23(21)26)18-8-9-22-19(17-18)5-4-11-24-22/h3-11,14,17H,1-2,12-13,15-16H2. The molecule has 2 aromatic heterocycles. The summed E-state index contributed by atoms with van der Waals surface area (Å²) in [7, 11) is 0. The van der Waals surface area contributed by atoms with Crippen LogP contribution in [0.15, 0.2) is 67.0 Å². The quantitative estimate of drug-likeness (QED) is 0.523. The minimum absolute atomic E-state index is 1.05. The molecule has 0 N–H and O–H groups in total. The Kier molecular flexibility index (Phi) is 3.95. The molecule has 0 radical (unpaired) electrons. The number of hydrogen-bond acceptors (Lipinski definition) is 2. The van der Waals surface area contributed by atoms with E-state index in [0.29, 0.717) is 0 Å². The summed E-state index contributed by atoms with van der Waals surface area (Å²) < 4.78 is 2.40. The van der Waals surface area contributed by atoms with Crippen LogP contribution in [0.3, 0.4) is 0 Å². The van der Waals surface area contributed by atoms with E-state index in [1.54, 1.807) is 0 Å². The van der Waals surface area contributed by atoms with Crippen molar-refractivity contribution in [1.82, 2.24) is 14.5 Å². The molecule has 4 aromatic rings. The molecule has 3 heterocycles. The van der Waals surface area contributed by atoms with Gasteiger partial charge in [0.2, 0.25) is 0 Å². The molecular weight excluding hydrogens is 318 g/mol. The first-order valence-corrected chi connectivity index (χ1v) is 9.54. The third-order valence-corrected chi connectivity index (χ3v) is 5.58. The molecule has 5 rings (SSSR count). The van der Waals surface area contributed by atoms with E-state index in [1.807, 2.05) is 12.3 Å². The average molecular weight is 341 g/mol. The molecule has 2 aromatic carbocycles. The van der Waals surface area contributed by atoms with Gasteiger partial charge >= 0.3 is 0 Å². The molecule has 0 bridgehead atoms. The molecule has 0 saturated carbocycles. The molecule has 1 aliphatic heterocycles. The van der Waals surface area contributed by atoms with E-state index in [2.05, 4.69) is 69.2 Å². The van der Waals surface area contributed by atoms with Gasteiger partial charge in [0.15, 0.2) is 0 Å². The molecule has 0 atom stereocenters. The number of aromatic nitrogens is 2. The van der Waals surface area contributed by atoms with Gasteiger partial charge in [0.05, 0.1) is 5.52 Å². The van der Waals surface area contributed by atoms with E-state index in [4.69, 9.17) is 0 Å². The second kappa shape index (κ2) is 6.58. The van der Waals surface area contributed by atoms with Gasteiger partial charge in [0.25, 0.3) is 0 Å². The van der Waals surface area contributed by atoms with Crippen LogP contribution in [-0.4, -0.2) is 34.1 Å². The molecule has 0 aliphatic carbocycles. The van der Waals surface area contributed by atoms with Crippen molar-refractivity contribution in [3.8, 4) is 11.1 Å². The fraction of sp³-hybridized carbons (Fsp3) is 0.261. The first-order valence-electron chi connectivity index (χ1n) is 9.54. The second-order valence-corrected chi connectivity index (χ2v) is 7.21. The highest BCUT2D eigenvalue weighted by Gasteiger charge is 2.12. The summed E-state index contributed by atoms with van der Waals surface area (Å²) >= 11 is 0. The SMILES string of the molecule is c1cnc2ccc(-c3cccc4c3ccn4CCN3CCCC3)cc2c1. The lowest BCUT2D eigenvalue weighted by molar-refractivity contribution is 0.324. The van der Waals surface area contributed by atoms with E-state index in [-0.39, 0.29) is 0 Å². The first-order chi connectivity index (χ1) is 12.9. The summed E-state index contributed by atoms with van der Waals surface area (Å²) in [6, 6.07) is 19.6. The lowest BCUT2D eigenvalue weighted by atomic mass is 10.00. The van der Waals surface area contributed by atoms with E-state index < -0.39 is 0 Å². The molecule has 3 heteroatoms. The zero-order chi connectivity index (χ0) is 17.3. The molecule has 1 fully saturated rings. The van der Waals surface area contributed by atoms with E-state index >= 15 is 0 Å². The van der Waals surface area contributed by atoms with Crippen molar-refractivity contribution in [3.63, 3.8) is 0 Å². The Morgan fingerprint density at radius 2 is 1.81 bits per heavy atom. The number of nitrogens with zero attached hydrogens (tertiary/aromatic N) is 3. The molecule has 3 nitrogen and oxygen atoms in total. The molecule has 0 amide bonds. The summed E-state index contributed by atoms with van der Waals surface area (Å²) in [5.74, 6) is 0. The fourth-order valence-electron chi connectivity index (χ4n) is 4.17. The van der Waals surface area contributed by atoms with Crippen LogP contribution in [0.5, 0.6) is 0 Å². The van der Waals surface area contributed by atoms with Crippen LogP contribution in [0.25, 0.3) is 32.9 Å². The van der Waals surface area contributed by atoms with Crippen LogP contribution >= 0.6 is 0 Å². The lowest BCUT2D eigenvalue weighted by Crippen LogP contribution is -2.23. The van der Waals surface area contributed by atoms with Gasteiger partial charge in [-0.1, -0.05) is 24.3 Å². The number of likely N-dealkylation sites (tertiary alicyclic amines) is 1. The normalized spacial score (nSPS) is 15.2. The van der Waals surface area contributed by atoms with Crippen molar-refractivity contribution in [2.24, 2.45) is 0 Å². The number of rotatable bonds is 4. The summed E-state index contributed by atoms with van der Waals surface area (Å²) in [6.07, 6.45) is 6.80. The highest BCUT2D eigenvalue weighted by atomic mass is 15.2. The Balaban J connectivity index is 1.51. The minimum atomic E-state index is 1.05. The van der Waals surface area contributed by atoms with Crippen LogP contribution in [0.2, 0.25) is 0 Å². The van der Waals surface area contributed by atoms with Gasteiger partial charge in [-0.15, -0.1) is 0 Å². The van der Waals surface area contributed by atoms with Crippen LogP contribution < -0.4 is 0 Å². The molecule has 1 aliphatic rings. The van der Waals surface area contributed by atoms with Crippen LogP contribution in [-0.2, 0) is 6.54 Å². The van der Waals surface area contributed by atoms with Crippen molar-refractivity contribution >= 4 is 21.8 Å². The van der Waals surface area contributed by atoms with Gasteiger partial charge in [-0.3, -0.25) is 4.98 Å². The molecule has 26 heavy (non-hydrogen) atoms. The van der Waals surface area contributed by atoms with E-state index in [0.717, 1.165) is 18.6 Å². The predicted molar refractivity (Wildman–Crippen MR) is 108 cm³/mol. The van der Waals surface area contributed by atoms with Crippen LogP contribution in [0, 0.1) is 0 Å². The van der Waals surface area contributed by atoms with Crippen molar-refractivity contribution in [2.75, 3.05) is 19.6 Å². The summed E-state index contributed by atoms with van der Waals surface area (Å²) in [6.45, 7) is 4.73. The van der Waals surface area contributed by atoms with Crippen molar-refractivity contribution in [1.29, 1.82) is 0 Å². The van der Waals surface area contributed by atoms with Gasteiger partial charge in [-0.25, -0.2) is 0 Å². The highest BCUT2D eigenvalue weighted by molar-refractivity contribution is 5.97. The monoisotopic (exact) mass is 341 g/mol.